The van der Waals surface area contributed by atoms with Crippen LogP contribution in [-0.4, -0.2) is 22.3 Å². The van der Waals surface area contributed by atoms with E-state index in [-0.39, 0.29) is 6.01 Å². The van der Waals surface area contributed by atoms with Gasteiger partial charge in [0.1, 0.15) is 0 Å². The Balaban J connectivity index is 3.12. The number of methoxy groups -OCH3 is 1. The molecular weight excluding hydrogens is 180 g/mol. The van der Waals surface area contributed by atoms with Crippen LogP contribution in [0.3, 0.4) is 0 Å². The second-order valence-electron chi connectivity index (χ2n) is 2.13. The molecule has 0 unspecified atom stereocenters. The largest absolute Gasteiger partial charge is 0.467 e. The quantitative estimate of drug-likeness (QED) is 0.651. The number of rotatable bonds is 2. The number of hydrogen-bond donors (Lipinski definition) is 0. The average molecular weight is 187 g/mol. The van der Waals surface area contributed by atoms with Crippen molar-refractivity contribution >= 4 is 16.8 Å². The molecule has 12 heavy (non-hydrogen) atoms. The number of nitrogens with zero attached hydrogens (tertiary/aromatic N) is 2. The molecule has 0 N–H and O–H groups in total. The third-order valence-electron chi connectivity index (χ3n) is 1.35. The van der Waals surface area contributed by atoms with Crippen LogP contribution in [0.2, 0.25) is 0 Å². The molecule has 0 atom stereocenters. The molecule has 0 saturated carbocycles. The number of carbonyl (C=O) groups excluding carboxylic acids is 1. The van der Waals surface area contributed by atoms with Crippen LogP contribution in [0.1, 0.15) is 16.1 Å². The molecule has 1 heterocycles. The van der Waals surface area contributed by atoms with E-state index in [0.29, 0.717) is 11.3 Å². The Morgan fingerprint density at radius 3 is 2.75 bits per heavy atom. The predicted molar refractivity (Wildman–Crippen MR) is 43.5 cm³/mol. The first-order valence-corrected chi connectivity index (χ1v) is 3.60. The molecule has 0 bridgehead atoms. The third kappa shape index (κ3) is 1.71. The molecule has 0 saturated heterocycles. The monoisotopic (exact) mass is 186 g/mol. The lowest BCUT2D eigenvalue weighted by molar-refractivity contribution is 0.108. The zero-order valence-electron chi connectivity index (χ0n) is 6.67. The van der Waals surface area contributed by atoms with Gasteiger partial charge in [0, 0.05) is 6.20 Å². The maximum absolute atomic E-state index is 10.7. The van der Waals surface area contributed by atoms with Gasteiger partial charge in [-0.05, 0) is 18.5 Å². The van der Waals surface area contributed by atoms with E-state index in [9.17, 15) is 4.79 Å². The number of aryl methyl sites for hydroxylation is 1. The number of carbonyl (C=O) groups is 1. The highest BCUT2D eigenvalue weighted by Crippen LogP contribution is 2.10. The first kappa shape index (κ1) is 8.93. The van der Waals surface area contributed by atoms with Gasteiger partial charge in [0.25, 0.3) is 5.24 Å². The normalized spacial score (nSPS) is 9.58. The summed E-state index contributed by atoms with van der Waals surface area (Å²) < 4.78 is 4.75. The van der Waals surface area contributed by atoms with Crippen LogP contribution in [0.4, 0.5) is 0 Å². The minimum Gasteiger partial charge on any atom is -0.467 e. The second kappa shape index (κ2) is 3.49. The third-order valence-corrected chi connectivity index (χ3v) is 1.56. The van der Waals surface area contributed by atoms with Crippen LogP contribution in [-0.2, 0) is 0 Å². The molecule has 4 nitrogen and oxygen atoms in total. The highest BCUT2D eigenvalue weighted by molar-refractivity contribution is 6.67. The summed E-state index contributed by atoms with van der Waals surface area (Å²) in [6.07, 6.45) is 1.34. The minimum absolute atomic E-state index is 0.231. The maximum atomic E-state index is 10.7. The molecule has 0 aliphatic heterocycles. The van der Waals surface area contributed by atoms with Gasteiger partial charge < -0.3 is 4.74 Å². The molecule has 0 aromatic carbocycles. The van der Waals surface area contributed by atoms with Gasteiger partial charge in [-0.15, -0.1) is 0 Å². The van der Waals surface area contributed by atoms with Crippen LogP contribution in [0.15, 0.2) is 6.20 Å². The van der Waals surface area contributed by atoms with Gasteiger partial charge in [0.2, 0.25) is 0 Å². The summed E-state index contributed by atoms with van der Waals surface area (Å²) in [5.74, 6) is 0. The van der Waals surface area contributed by atoms with Crippen molar-refractivity contribution in [3.63, 3.8) is 0 Å². The molecule has 0 amide bonds. The lowest BCUT2D eigenvalue weighted by Gasteiger charge is -2.00. The van der Waals surface area contributed by atoms with Crippen molar-refractivity contribution in [1.82, 2.24) is 9.97 Å². The Hall–Kier alpha value is -1.16. The number of aromatic nitrogens is 2. The highest BCUT2D eigenvalue weighted by atomic mass is 35.5. The molecule has 64 valence electrons. The summed E-state index contributed by atoms with van der Waals surface area (Å²) in [6, 6.07) is 0.231. The molecule has 1 aromatic rings. The van der Waals surface area contributed by atoms with Gasteiger partial charge in [0.15, 0.2) is 0 Å². The first-order chi connectivity index (χ1) is 5.65. The fourth-order valence-corrected chi connectivity index (χ4v) is 0.923. The summed E-state index contributed by atoms with van der Waals surface area (Å²) in [6.45, 7) is 1.67. The van der Waals surface area contributed by atoms with Gasteiger partial charge in [-0.25, -0.2) is 4.98 Å². The van der Waals surface area contributed by atoms with Crippen molar-refractivity contribution in [3.05, 3.63) is 17.5 Å². The highest BCUT2D eigenvalue weighted by Gasteiger charge is 2.08. The van der Waals surface area contributed by atoms with Gasteiger partial charge in [-0.1, -0.05) is 0 Å². The van der Waals surface area contributed by atoms with Crippen LogP contribution >= 0.6 is 11.6 Å². The molecule has 0 fully saturated rings. The van der Waals surface area contributed by atoms with E-state index in [1.807, 2.05) is 0 Å². The Labute approximate surface area is 74.5 Å². The van der Waals surface area contributed by atoms with Gasteiger partial charge in [-0.2, -0.15) is 4.98 Å². The molecule has 0 spiro atoms. The average Bonchev–Trinajstić information content (AvgIpc) is 2.03. The van der Waals surface area contributed by atoms with E-state index in [4.69, 9.17) is 16.3 Å². The SMILES string of the molecule is COc1ncc(C(=O)Cl)c(C)n1. The molecular formula is C7H7ClN2O2. The molecule has 1 rings (SSSR count). The Kier molecular flexibility index (Phi) is 2.60. The zero-order valence-corrected chi connectivity index (χ0v) is 7.42. The smallest absolute Gasteiger partial charge is 0.316 e. The van der Waals surface area contributed by atoms with Crippen molar-refractivity contribution in [1.29, 1.82) is 0 Å². The lowest BCUT2D eigenvalue weighted by Crippen LogP contribution is -2.00. The van der Waals surface area contributed by atoms with E-state index < -0.39 is 5.24 Å². The van der Waals surface area contributed by atoms with Crippen molar-refractivity contribution in [2.75, 3.05) is 7.11 Å². The van der Waals surface area contributed by atoms with Crippen molar-refractivity contribution in [3.8, 4) is 6.01 Å². The molecule has 5 heteroatoms. The first-order valence-electron chi connectivity index (χ1n) is 3.22. The summed E-state index contributed by atoms with van der Waals surface area (Å²) in [4.78, 5) is 18.3. The van der Waals surface area contributed by atoms with Crippen LogP contribution < -0.4 is 4.74 Å². The van der Waals surface area contributed by atoms with E-state index in [1.54, 1.807) is 6.92 Å². The lowest BCUT2D eigenvalue weighted by atomic mass is 10.3. The Morgan fingerprint density at radius 2 is 2.33 bits per heavy atom. The molecule has 0 aliphatic rings. The van der Waals surface area contributed by atoms with Crippen LogP contribution in [0, 0.1) is 6.92 Å². The molecule has 0 aliphatic carbocycles. The van der Waals surface area contributed by atoms with E-state index in [0.717, 1.165) is 0 Å². The summed E-state index contributed by atoms with van der Waals surface area (Å²) in [5, 5.41) is -0.560. The van der Waals surface area contributed by atoms with Crippen LogP contribution in [0.5, 0.6) is 6.01 Å². The molecule has 1 aromatic heterocycles. The minimum atomic E-state index is -0.560. The van der Waals surface area contributed by atoms with Crippen molar-refractivity contribution < 1.29 is 9.53 Å². The fraction of sp³-hybridized carbons (Fsp3) is 0.286. The van der Waals surface area contributed by atoms with Gasteiger partial charge in [0.05, 0.1) is 18.4 Å². The standard InChI is InChI=1S/C7H7ClN2O2/c1-4-5(6(8)11)3-9-7(10-4)12-2/h3H,1-2H3. The fourth-order valence-electron chi connectivity index (χ4n) is 0.737. The van der Waals surface area contributed by atoms with Crippen molar-refractivity contribution in [2.45, 2.75) is 6.92 Å². The number of ether oxygens (including phenoxy) is 1. The summed E-state index contributed by atoms with van der Waals surface area (Å²) >= 11 is 5.24. The summed E-state index contributed by atoms with van der Waals surface area (Å²) in [5.41, 5.74) is 0.819. The Bertz CT molecular complexity index is 314. The topological polar surface area (TPSA) is 52.1 Å². The molecule has 0 radical (unpaired) electrons. The zero-order chi connectivity index (χ0) is 9.14. The van der Waals surface area contributed by atoms with Crippen LogP contribution in [0.25, 0.3) is 0 Å². The second-order valence-corrected chi connectivity index (χ2v) is 2.47. The predicted octanol–water partition coefficient (Wildman–Crippen LogP) is 1.17. The van der Waals surface area contributed by atoms with Gasteiger partial charge >= 0.3 is 6.01 Å². The van der Waals surface area contributed by atoms with E-state index >= 15 is 0 Å². The number of hydrogen-bond acceptors (Lipinski definition) is 4. The number of halogens is 1. The maximum Gasteiger partial charge on any atom is 0.316 e. The Morgan fingerprint density at radius 1 is 1.67 bits per heavy atom. The van der Waals surface area contributed by atoms with Crippen molar-refractivity contribution in [2.24, 2.45) is 0 Å². The summed E-state index contributed by atoms with van der Waals surface area (Å²) in [7, 11) is 1.46. The van der Waals surface area contributed by atoms with E-state index in [1.165, 1.54) is 13.3 Å². The van der Waals surface area contributed by atoms with Gasteiger partial charge in [-0.3, -0.25) is 4.79 Å². The van der Waals surface area contributed by atoms with E-state index in [2.05, 4.69) is 9.97 Å².